The molecule has 0 atom stereocenters. The van der Waals surface area contributed by atoms with E-state index in [1.54, 1.807) is 30.0 Å². The van der Waals surface area contributed by atoms with Gasteiger partial charge >= 0.3 is 5.97 Å². The second kappa shape index (κ2) is 5.51. The molecular formula is C13H16N4O2. The van der Waals surface area contributed by atoms with Gasteiger partial charge in [0.15, 0.2) is 5.82 Å². The zero-order valence-corrected chi connectivity index (χ0v) is 11.0. The number of nitrogens with two attached hydrogens (primary N) is 1. The molecule has 2 rings (SSSR count). The summed E-state index contributed by atoms with van der Waals surface area (Å²) in [7, 11) is 0. The summed E-state index contributed by atoms with van der Waals surface area (Å²) in [6.07, 6.45) is 5.69. The van der Waals surface area contributed by atoms with E-state index in [1.807, 2.05) is 6.92 Å². The Morgan fingerprint density at radius 1 is 1.42 bits per heavy atom. The van der Waals surface area contributed by atoms with Gasteiger partial charge in [0.05, 0.1) is 18.5 Å². The van der Waals surface area contributed by atoms with Crippen LogP contribution in [0.1, 0.15) is 30.0 Å². The highest BCUT2D eigenvalue weighted by Crippen LogP contribution is 2.18. The summed E-state index contributed by atoms with van der Waals surface area (Å²) in [5.41, 5.74) is 6.45. The Balaban J connectivity index is 2.54. The summed E-state index contributed by atoms with van der Waals surface area (Å²) in [6, 6.07) is 1.57. The Bertz CT molecular complexity index is 592. The standard InChI is InChI=1S/C13H16N4O2/c1-3-11-15-5-6-17(11)12-10(13(18)19-4-2)7-9(14)8-16-12/h5-8H,3-4,14H2,1-2H3. The number of nitrogen functional groups attached to an aromatic ring is 1. The number of carbonyl (C=O) groups excluding carboxylic acids is 1. The maximum Gasteiger partial charge on any atom is 0.342 e. The number of nitrogens with zero attached hydrogens (tertiary/aromatic N) is 3. The Hall–Kier alpha value is -2.37. The first kappa shape index (κ1) is 13.1. The molecule has 0 bridgehead atoms. The van der Waals surface area contributed by atoms with Crippen LogP contribution in [0.25, 0.3) is 5.82 Å². The molecule has 0 aliphatic rings. The number of aromatic nitrogens is 3. The van der Waals surface area contributed by atoms with E-state index >= 15 is 0 Å². The third-order valence-electron chi connectivity index (χ3n) is 2.64. The lowest BCUT2D eigenvalue weighted by Gasteiger charge is -2.11. The number of rotatable bonds is 4. The minimum Gasteiger partial charge on any atom is -0.462 e. The molecule has 0 saturated heterocycles. The van der Waals surface area contributed by atoms with E-state index in [0.29, 0.717) is 23.7 Å². The Labute approximate surface area is 111 Å². The third-order valence-corrected chi connectivity index (χ3v) is 2.64. The number of hydrogen-bond acceptors (Lipinski definition) is 5. The summed E-state index contributed by atoms with van der Waals surface area (Å²) in [5, 5.41) is 0. The van der Waals surface area contributed by atoms with Crippen LogP contribution in [-0.4, -0.2) is 27.1 Å². The van der Waals surface area contributed by atoms with E-state index in [9.17, 15) is 4.79 Å². The Kier molecular flexibility index (Phi) is 3.79. The molecule has 2 aromatic rings. The number of aryl methyl sites for hydroxylation is 1. The van der Waals surface area contributed by atoms with Gasteiger partial charge in [0.1, 0.15) is 11.4 Å². The van der Waals surface area contributed by atoms with Crippen molar-refractivity contribution in [2.75, 3.05) is 12.3 Å². The number of hydrogen-bond donors (Lipinski definition) is 1. The summed E-state index contributed by atoms with van der Waals surface area (Å²) in [4.78, 5) is 20.4. The average molecular weight is 260 g/mol. The molecular weight excluding hydrogens is 244 g/mol. The highest BCUT2D eigenvalue weighted by molar-refractivity contribution is 5.93. The molecule has 2 N–H and O–H groups in total. The van der Waals surface area contributed by atoms with E-state index < -0.39 is 5.97 Å². The fourth-order valence-corrected chi connectivity index (χ4v) is 1.81. The highest BCUT2D eigenvalue weighted by Gasteiger charge is 2.17. The second-order valence-electron chi connectivity index (χ2n) is 3.93. The molecule has 0 spiro atoms. The SMILES string of the molecule is CCOC(=O)c1cc(N)cnc1-n1ccnc1CC. The Morgan fingerprint density at radius 3 is 2.89 bits per heavy atom. The average Bonchev–Trinajstić information content (AvgIpc) is 2.87. The first-order chi connectivity index (χ1) is 9.17. The lowest BCUT2D eigenvalue weighted by Crippen LogP contribution is -2.13. The van der Waals surface area contributed by atoms with Crippen LogP contribution in [0.3, 0.4) is 0 Å². The predicted molar refractivity (Wildman–Crippen MR) is 71.1 cm³/mol. The first-order valence-electron chi connectivity index (χ1n) is 6.12. The van der Waals surface area contributed by atoms with E-state index in [4.69, 9.17) is 10.5 Å². The number of pyridine rings is 1. The van der Waals surface area contributed by atoms with Crippen molar-refractivity contribution in [2.45, 2.75) is 20.3 Å². The lowest BCUT2D eigenvalue weighted by molar-refractivity contribution is 0.0526. The van der Waals surface area contributed by atoms with Crippen molar-refractivity contribution in [1.82, 2.24) is 14.5 Å². The zero-order valence-electron chi connectivity index (χ0n) is 11.0. The molecule has 0 aromatic carbocycles. The predicted octanol–water partition coefficient (Wildman–Crippen LogP) is 1.59. The van der Waals surface area contributed by atoms with Crippen molar-refractivity contribution >= 4 is 11.7 Å². The molecule has 0 fully saturated rings. The number of imidazole rings is 1. The number of carbonyl (C=O) groups is 1. The molecule has 2 aromatic heterocycles. The van der Waals surface area contributed by atoms with Crippen LogP contribution in [0.15, 0.2) is 24.7 Å². The monoisotopic (exact) mass is 260 g/mol. The second-order valence-corrected chi connectivity index (χ2v) is 3.93. The largest absolute Gasteiger partial charge is 0.462 e. The molecule has 6 heteroatoms. The molecule has 0 amide bonds. The maximum absolute atomic E-state index is 12.0. The molecule has 0 saturated carbocycles. The van der Waals surface area contributed by atoms with Gasteiger partial charge in [-0.15, -0.1) is 0 Å². The van der Waals surface area contributed by atoms with Gasteiger partial charge in [0.2, 0.25) is 0 Å². The minimum atomic E-state index is -0.437. The Morgan fingerprint density at radius 2 is 2.21 bits per heavy atom. The summed E-state index contributed by atoms with van der Waals surface area (Å²) >= 11 is 0. The molecule has 0 aliphatic heterocycles. The van der Waals surface area contributed by atoms with Gasteiger partial charge in [-0.2, -0.15) is 0 Å². The summed E-state index contributed by atoms with van der Waals surface area (Å²) in [5.74, 6) is 0.873. The highest BCUT2D eigenvalue weighted by atomic mass is 16.5. The van der Waals surface area contributed by atoms with Gasteiger partial charge in [0, 0.05) is 18.8 Å². The van der Waals surface area contributed by atoms with Gasteiger partial charge in [0.25, 0.3) is 0 Å². The van der Waals surface area contributed by atoms with Crippen molar-refractivity contribution < 1.29 is 9.53 Å². The van der Waals surface area contributed by atoms with Crippen LogP contribution in [0, 0.1) is 0 Å². The molecule has 6 nitrogen and oxygen atoms in total. The van der Waals surface area contributed by atoms with Crippen LogP contribution in [0.5, 0.6) is 0 Å². The molecule has 0 unspecified atom stereocenters. The van der Waals surface area contributed by atoms with Gasteiger partial charge in [-0.3, -0.25) is 4.57 Å². The van der Waals surface area contributed by atoms with Crippen LogP contribution in [-0.2, 0) is 11.2 Å². The normalized spacial score (nSPS) is 10.4. The van der Waals surface area contributed by atoms with Crippen molar-refractivity contribution in [3.63, 3.8) is 0 Å². The van der Waals surface area contributed by atoms with Gasteiger partial charge in [-0.25, -0.2) is 14.8 Å². The van der Waals surface area contributed by atoms with Crippen LogP contribution < -0.4 is 5.73 Å². The fraction of sp³-hybridized carbons (Fsp3) is 0.308. The molecule has 100 valence electrons. The maximum atomic E-state index is 12.0. The van der Waals surface area contributed by atoms with Crippen molar-refractivity contribution in [1.29, 1.82) is 0 Å². The van der Waals surface area contributed by atoms with Crippen LogP contribution in [0.4, 0.5) is 5.69 Å². The van der Waals surface area contributed by atoms with E-state index in [1.165, 1.54) is 6.20 Å². The fourth-order valence-electron chi connectivity index (χ4n) is 1.81. The minimum absolute atomic E-state index is 0.303. The molecule has 19 heavy (non-hydrogen) atoms. The van der Waals surface area contributed by atoms with Crippen molar-refractivity contribution in [2.24, 2.45) is 0 Å². The van der Waals surface area contributed by atoms with Crippen molar-refractivity contribution in [3.8, 4) is 5.82 Å². The zero-order chi connectivity index (χ0) is 13.8. The quantitative estimate of drug-likeness (QED) is 0.844. The number of anilines is 1. The van der Waals surface area contributed by atoms with Gasteiger partial charge in [-0.1, -0.05) is 6.92 Å². The topological polar surface area (TPSA) is 83.0 Å². The number of ether oxygens (including phenoxy) is 1. The van der Waals surface area contributed by atoms with E-state index in [2.05, 4.69) is 9.97 Å². The summed E-state index contributed by atoms with van der Waals surface area (Å²) in [6.45, 7) is 4.05. The molecule has 0 aliphatic carbocycles. The smallest absolute Gasteiger partial charge is 0.342 e. The van der Waals surface area contributed by atoms with Gasteiger partial charge < -0.3 is 10.5 Å². The third kappa shape index (κ3) is 2.57. The van der Waals surface area contributed by atoms with Crippen molar-refractivity contribution in [3.05, 3.63) is 36.0 Å². The molecule has 2 heterocycles. The van der Waals surface area contributed by atoms with Crippen LogP contribution in [0.2, 0.25) is 0 Å². The van der Waals surface area contributed by atoms with Crippen LogP contribution >= 0.6 is 0 Å². The lowest BCUT2D eigenvalue weighted by atomic mass is 10.2. The van der Waals surface area contributed by atoms with Gasteiger partial charge in [-0.05, 0) is 13.0 Å². The number of esters is 1. The molecule has 0 radical (unpaired) electrons. The summed E-state index contributed by atoms with van der Waals surface area (Å²) < 4.78 is 6.80. The van der Waals surface area contributed by atoms with E-state index in [0.717, 1.165) is 12.2 Å². The van der Waals surface area contributed by atoms with E-state index in [-0.39, 0.29) is 0 Å². The first-order valence-corrected chi connectivity index (χ1v) is 6.12.